The number of carbonyl (C=O) groups is 2. The predicted molar refractivity (Wildman–Crippen MR) is 44.1 cm³/mol. The van der Waals surface area contributed by atoms with Crippen molar-refractivity contribution in [3.8, 4) is 0 Å². The van der Waals surface area contributed by atoms with Gasteiger partial charge in [-0.05, 0) is 0 Å². The monoisotopic (exact) mass is 228 g/mol. The fourth-order valence-electron chi connectivity index (χ4n) is 0.761. The van der Waals surface area contributed by atoms with Gasteiger partial charge in [-0.15, -0.1) is 0 Å². The number of alkyl halides is 3. The molecule has 1 unspecified atom stereocenters. The molecular formula is C7H11F3N2O3. The fourth-order valence-corrected chi connectivity index (χ4v) is 0.761. The van der Waals surface area contributed by atoms with Gasteiger partial charge in [0, 0.05) is 13.6 Å². The zero-order chi connectivity index (χ0) is 12.1. The van der Waals surface area contributed by atoms with E-state index in [0.29, 0.717) is 0 Å². The molecule has 0 fully saturated rings. The molecule has 0 aromatic heterocycles. The number of carboxylic acid groups (broad SMARTS) is 1. The highest BCUT2D eigenvalue weighted by Gasteiger charge is 2.44. The van der Waals surface area contributed by atoms with Crippen molar-refractivity contribution >= 4 is 11.9 Å². The van der Waals surface area contributed by atoms with Crippen molar-refractivity contribution in [2.45, 2.75) is 6.18 Å². The molecule has 15 heavy (non-hydrogen) atoms. The molecule has 0 heterocycles. The van der Waals surface area contributed by atoms with E-state index >= 15 is 0 Å². The van der Waals surface area contributed by atoms with Crippen LogP contribution in [-0.4, -0.2) is 43.3 Å². The Balaban J connectivity index is 4.10. The van der Waals surface area contributed by atoms with Gasteiger partial charge in [-0.2, -0.15) is 13.2 Å². The summed E-state index contributed by atoms with van der Waals surface area (Å²) in [4.78, 5) is 20.8. The first-order chi connectivity index (χ1) is 6.79. The lowest BCUT2D eigenvalue weighted by molar-refractivity contribution is -0.192. The number of carboxylic acids is 1. The van der Waals surface area contributed by atoms with Gasteiger partial charge in [0.2, 0.25) is 5.91 Å². The van der Waals surface area contributed by atoms with E-state index in [4.69, 9.17) is 5.11 Å². The number of amides is 1. The Labute approximate surface area is 83.6 Å². The third-order valence-electron chi connectivity index (χ3n) is 1.61. The first-order valence-electron chi connectivity index (χ1n) is 4.00. The maximum Gasteiger partial charge on any atom is 0.403 e. The Morgan fingerprint density at radius 3 is 2.27 bits per heavy atom. The van der Waals surface area contributed by atoms with Gasteiger partial charge in [-0.1, -0.05) is 0 Å². The number of rotatable bonds is 5. The van der Waals surface area contributed by atoms with Crippen LogP contribution < -0.4 is 10.6 Å². The summed E-state index contributed by atoms with van der Waals surface area (Å²) in [6.45, 7) is -1.18. The minimum absolute atomic E-state index is 0.351. The van der Waals surface area contributed by atoms with Gasteiger partial charge >= 0.3 is 12.1 Å². The van der Waals surface area contributed by atoms with E-state index in [1.54, 1.807) is 0 Å². The molecule has 0 saturated heterocycles. The fraction of sp³-hybridized carbons (Fsp3) is 0.714. The first-order valence-corrected chi connectivity index (χ1v) is 4.00. The van der Waals surface area contributed by atoms with Crippen LogP contribution in [0.15, 0.2) is 0 Å². The summed E-state index contributed by atoms with van der Waals surface area (Å²) in [7, 11) is 1.32. The highest BCUT2D eigenvalue weighted by molar-refractivity contribution is 5.77. The van der Waals surface area contributed by atoms with Crippen LogP contribution in [0.25, 0.3) is 0 Å². The number of aliphatic carboxylic acids is 1. The van der Waals surface area contributed by atoms with Crippen molar-refractivity contribution in [3.05, 3.63) is 0 Å². The predicted octanol–water partition coefficient (Wildman–Crippen LogP) is -0.415. The molecule has 1 amide bonds. The average molecular weight is 228 g/mol. The summed E-state index contributed by atoms with van der Waals surface area (Å²) in [5, 5.41) is 12.6. The summed E-state index contributed by atoms with van der Waals surface area (Å²) < 4.78 is 36.2. The van der Waals surface area contributed by atoms with E-state index in [1.807, 2.05) is 0 Å². The van der Waals surface area contributed by atoms with Gasteiger partial charge in [0.15, 0.2) is 5.92 Å². The second-order valence-corrected chi connectivity index (χ2v) is 2.74. The molecule has 0 aromatic carbocycles. The third-order valence-corrected chi connectivity index (χ3v) is 1.61. The topological polar surface area (TPSA) is 78.4 Å². The lowest BCUT2D eigenvalue weighted by Gasteiger charge is -2.16. The van der Waals surface area contributed by atoms with Crippen LogP contribution in [0.3, 0.4) is 0 Å². The molecule has 0 rings (SSSR count). The van der Waals surface area contributed by atoms with Crippen LogP contribution in [0, 0.1) is 5.92 Å². The van der Waals surface area contributed by atoms with Crippen LogP contribution >= 0.6 is 0 Å². The van der Waals surface area contributed by atoms with Crippen molar-refractivity contribution in [1.82, 2.24) is 10.6 Å². The zero-order valence-corrected chi connectivity index (χ0v) is 7.89. The number of hydrogen-bond donors (Lipinski definition) is 3. The van der Waals surface area contributed by atoms with Gasteiger partial charge in [0.25, 0.3) is 0 Å². The zero-order valence-electron chi connectivity index (χ0n) is 7.89. The summed E-state index contributed by atoms with van der Waals surface area (Å²) in [6, 6.07) is 0. The van der Waals surface area contributed by atoms with Gasteiger partial charge in [-0.25, -0.2) is 0 Å². The highest BCUT2D eigenvalue weighted by Crippen LogP contribution is 2.25. The summed E-state index contributed by atoms with van der Waals surface area (Å²) in [5.41, 5.74) is 0. The molecule has 0 saturated carbocycles. The molecule has 3 N–H and O–H groups in total. The molecule has 5 nitrogen and oxygen atoms in total. The molecule has 0 aliphatic heterocycles. The molecule has 0 spiro atoms. The number of halogens is 3. The van der Waals surface area contributed by atoms with Crippen LogP contribution in [0.2, 0.25) is 0 Å². The van der Waals surface area contributed by atoms with Crippen LogP contribution in [0.5, 0.6) is 0 Å². The molecule has 88 valence electrons. The molecule has 0 bridgehead atoms. The van der Waals surface area contributed by atoms with Crippen molar-refractivity contribution in [3.63, 3.8) is 0 Å². The summed E-state index contributed by atoms with van der Waals surface area (Å²) >= 11 is 0. The average Bonchev–Trinajstić information content (AvgIpc) is 2.09. The molecular weight excluding hydrogens is 217 g/mol. The Bertz CT molecular complexity index is 242. The molecule has 8 heteroatoms. The lowest BCUT2D eigenvalue weighted by Crippen LogP contribution is -2.42. The highest BCUT2D eigenvalue weighted by atomic mass is 19.4. The Morgan fingerprint density at radius 2 is 1.93 bits per heavy atom. The quantitative estimate of drug-likeness (QED) is 0.597. The van der Waals surface area contributed by atoms with Crippen molar-refractivity contribution in [1.29, 1.82) is 0 Å². The molecule has 0 aliphatic carbocycles. The number of likely N-dealkylation sites (N-methyl/N-ethyl adjacent to an activating group) is 1. The van der Waals surface area contributed by atoms with E-state index in [1.165, 1.54) is 7.05 Å². The van der Waals surface area contributed by atoms with E-state index < -0.39 is 30.5 Å². The standard InChI is InChI=1S/C7H11F3N2O3/c1-11-5(13)3-12-2-4(6(14)15)7(8,9)10/h4,12H,2-3H2,1H3,(H,11,13)(H,14,15). The maximum absolute atomic E-state index is 12.1. The van der Waals surface area contributed by atoms with Crippen molar-refractivity contribution in [2.75, 3.05) is 20.1 Å². The van der Waals surface area contributed by atoms with Gasteiger partial charge in [-0.3, -0.25) is 9.59 Å². The Kier molecular flexibility index (Phi) is 5.06. The van der Waals surface area contributed by atoms with Crippen LogP contribution in [0.4, 0.5) is 13.2 Å². The van der Waals surface area contributed by atoms with Gasteiger partial charge in [0.1, 0.15) is 0 Å². The Hall–Kier alpha value is -1.31. The minimum atomic E-state index is -4.82. The van der Waals surface area contributed by atoms with Crippen molar-refractivity contribution in [2.24, 2.45) is 5.92 Å². The number of hydrogen-bond acceptors (Lipinski definition) is 3. The largest absolute Gasteiger partial charge is 0.481 e. The molecule has 0 aromatic rings. The molecule has 0 radical (unpaired) electrons. The third kappa shape index (κ3) is 5.21. The Morgan fingerprint density at radius 1 is 1.40 bits per heavy atom. The molecule has 0 aliphatic rings. The van der Waals surface area contributed by atoms with Gasteiger partial charge < -0.3 is 15.7 Å². The number of carbonyl (C=O) groups excluding carboxylic acids is 1. The first kappa shape index (κ1) is 13.7. The summed E-state index contributed by atoms with van der Waals surface area (Å²) in [5.74, 6) is -4.98. The minimum Gasteiger partial charge on any atom is -0.481 e. The van der Waals surface area contributed by atoms with E-state index in [2.05, 4.69) is 10.6 Å². The second-order valence-electron chi connectivity index (χ2n) is 2.74. The second kappa shape index (κ2) is 5.54. The van der Waals surface area contributed by atoms with Crippen LogP contribution in [-0.2, 0) is 9.59 Å². The lowest BCUT2D eigenvalue weighted by atomic mass is 10.1. The van der Waals surface area contributed by atoms with E-state index in [0.717, 1.165) is 0 Å². The smallest absolute Gasteiger partial charge is 0.403 e. The summed E-state index contributed by atoms with van der Waals surface area (Å²) in [6.07, 6.45) is -4.82. The maximum atomic E-state index is 12.1. The van der Waals surface area contributed by atoms with E-state index in [-0.39, 0.29) is 6.54 Å². The molecule has 1 atom stereocenters. The number of nitrogens with one attached hydrogen (secondary N) is 2. The van der Waals surface area contributed by atoms with E-state index in [9.17, 15) is 22.8 Å². The van der Waals surface area contributed by atoms with Crippen molar-refractivity contribution < 1.29 is 27.9 Å². The SMILES string of the molecule is CNC(=O)CNCC(C(=O)O)C(F)(F)F. The normalized spacial score (nSPS) is 13.3. The van der Waals surface area contributed by atoms with Gasteiger partial charge in [0.05, 0.1) is 6.54 Å². The van der Waals surface area contributed by atoms with Crippen LogP contribution in [0.1, 0.15) is 0 Å².